The molecule has 4 aromatic rings. The van der Waals surface area contributed by atoms with Gasteiger partial charge in [-0.1, -0.05) is 42.1 Å². The van der Waals surface area contributed by atoms with Crippen LogP contribution in [0, 0.1) is 0 Å². The Morgan fingerprint density at radius 1 is 1.16 bits per heavy atom. The van der Waals surface area contributed by atoms with Gasteiger partial charge in [0.1, 0.15) is 10.6 Å². The van der Waals surface area contributed by atoms with Gasteiger partial charge in [0.25, 0.3) is 0 Å². The first kappa shape index (κ1) is 21.6. The number of anilines is 1. The average molecular weight is 467 g/mol. The standard InChI is InChI=1S/C24H26N4O2S2/c1-24(2)12-15-16(13-30-24)18(14-8-6-5-7-9-14)26-22-17(15)19-20(32-22)21(25-10-11-29-3)28-23(27-19)31-4/h5-9H,10-13H2,1-4H3,(H,25,27,28). The van der Waals surface area contributed by atoms with Crippen LogP contribution in [0.5, 0.6) is 0 Å². The molecular formula is C24H26N4O2S2. The number of pyridine rings is 1. The Kier molecular flexibility index (Phi) is 5.79. The average Bonchev–Trinajstić information content (AvgIpc) is 3.17. The molecule has 1 aliphatic heterocycles. The highest BCUT2D eigenvalue weighted by Gasteiger charge is 2.32. The molecule has 8 heteroatoms. The fraction of sp³-hybridized carbons (Fsp3) is 0.375. The van der Waals surface area contributed by atoms with Gasteiger partial charge in [-0.25, -0.2) is 15.0 Å². The molecule has 1 N–H and O–H groups in total. The summed E-state index contributed by atoms with van der Waals surface area (Å²) in [5.41, 5.74) is 5.32. The van der Waals surface area contributed by atoms with Crippen LogP contribution in [0.2, 0.25) is 0 Å². The topological polar surface area (TPSA) is 69.2 Å². The number of fused-ring (bicyclic) bond motifs is 5. The van der Waals surface area contributed by atoms with E-state index in [2.05, 4.69) is 43.4 Å². The second-order valence-corrected chi connectivity index (χ2v) is 10.2. The number of methoxy groups -OCH3 is 1. The molecule has 32 heavy (non-hydrogen) atoms. The molecule has 4 heterocycles. The van der Waals surface area contributed by atoms with E-state index in [1.165, 1.54) is 11.1 Å². The number of ether oxygens (including phenoxy) is 2. The summed E-state index contributed by atoms with van der Waals surface area (Å²) in [6, 6.07) is 10.4. The largest absolute Gasteiger partial charge is 0.383 e. The van der Waals surface area contributed by atoms with Gasteiger partial charge in [0, 0.05) is 36.6 Å². The Hall–Kier alpha value is -2.26. The number of nitrogens with zero attached hydrogens (tertiary/aromatic N) is 3. The minimum Gasteiger partial charge on any atom is -0.383 e. The van der Waals surface area contributed by atoms with Gasteiger partial charge >= 0.3 is 0 Å². The third kappa shape index (κ3) is 3.85. The van der Waals surface area contributed by atoms with Crippen molar-refractivity contribution in [3.8, 4) is 11.3 Å². The maximum atomic E-state index is 6.23. The minimum absolute atomic E-state index is 0.238. The van der Waals surface area contributed by atoms with Crippen LogP contribution < -0.4 is 5.32 Å². The van der Waals surface area contributed by atoms with Crippen molar-refractivity contribution in [1.82, 2.24) is 15.0 Å². The van der Waals surface area contributed by atoms with E-state index in [0.29, 0.717) is 19.8 Å². The molecule has 0 aliphatic carbocycles. The van der Waals surface area contributed by atoms with E-state index in [0.717, 1.165) is 49.1 Å². The van der Waals surface area contributed by atoms with Crippen LogP contribution >= 0.6 is 23.1 Å². The van der Waals surface area contributed by atoms with Gasteiger partial charge in [0.05, 0.1) is 34.7 Å². The number of hydrogen-bond donors (Lipinski definition) is 1. The molecule has 1 aromatic carbocycles. The van der Waals surface area contributed by atoms with Crippen molar-refractivity contribution in [2.75, 3.05) is 31.8 Å². The highest BCUT2D eigenvalue weighted by Crippen LogP contribution is 2.44. The van der Waals surface area contributed by atoms with Crippen molar-refractivity contribution in [3.05, 3.63) is 41.5 Å². The zero-order valence-corrected chi connectivity index (χ0v) is 20.3. The maximum Gasteiger partial charge on any atom is 0.189 e. The monoisotopic (exact) mass is 466 g/mol. The molecule has 5 rings (SSSR count). The second kappa shape index (κ2) is 8.59. The Labute approximate surface area is 195 Å². The van der Waals surface area contributed by atoms with Crippen LogP contribution in [-0.4, -0.2) is 47.1 Å². The molecule has 0 amide bonds. The number of thiophene rings is 1. The maximum absolute atomic E-state index is 6.23. The molecule has 0 unspecified atom stereocenters. The van der Waals surface area contributed by atoms with Gasteiger partial charge in [0.15, 0.2) is 5.16 Å². The third-order valence-corrected chi connectivity index (χ3v) is 7.33. The molecule has 0 bridgehead atoms. The first-order valence-corrected chi connectivity index (χ1v) is 12.7. The summed E-state index contributed by atoms with van der Waals surface area (Å²) in [6.45, 7) is 6.15. The minimum atomic E-state index is -0.238. The number of thioether (sulfide) groups is 1. The predicted octanol–water partition coefficient (Wildman–Crippen LogP) is 5.54. The first-order valence-electron chi connectivity index (χ1n) is 10.6. The molecule has 3 aromatic heterocycles. The summed E-state index contributed by atoms with van der Waals surface area (Å²) >= 11 is 3.21. The van der Waals surface area contributed by atoms with E-state index in [1.54, 1.807) is 30.2 Å². The van der Waals surface area contributed by atoms with Crippen LogP contribution in [0.3, 0.4) is 0 Å². The van der Waals surface area contributed by atoms with Crippen molar-refractivity contribution in [2.24, 2.45) is 0 Å². The Bertz CT molecular complexity index is 1290. The molecule has 0 atom stereocenters. The number of rotatable bonds is 6. The Balaban J connectivity index is 1.81. The van der Waals surface area contributed by atoms with Gasteiger partial charge in [-0.2, -0.15) is 0 Å². The molecule has 0 radical (unpaired) electrons. The molecule has 6 nitrogen and oxygen atoms in total. The third-order valence-electron chi connectivity index (χ3n) is 5.70. The van der Waals surface area contributed by atoms with Crippen LogP contribution in [0.15, 0.2) is 35.5 Å². The molecule has 1 aliphatic rings. The molecule has 0 saturated heterocycles. The highest BCUT2D eigenvalue weighted by atomic mass is 32.2. The summed E-state index contributed by atoms with van der Waals surface area (Å²) in [5.74, 6) is 0.848. The summed E-state index contributed by atoms with van der Waals surface area (Å²) in [6.07, 6.45) is 2.82. The summed E-state index contributed by atoms with van der Waals surface area (Å²) in [7, 11) is 1.70. The van der Waals surface area contributed by atoms with Crippen molar-refractivity contribution in [3.63, 3.8) is 0 Å². The van der Waals surface area contributed by atoms with Crippen molar-refractivity contribution in [1.29, 1.82) is 0 Å². The lowest BCUT2D eigenvalue weighted by Gasteiger charge is -2.33. The van der Waals surface area contributed by atoms with Gasteiger partial charge in [-0.05, 0) is 25.7 Å². The van der Waals surface area contributed by atoms with Crippen molar-refractivity contribution < 1.29 is 9.47 Å². The summed E-state index contributed by atoms with van der Waals surface area (Å²) in [4.78, 5) is 15.8. The first-order chi connectivity index (χ1) is 15.5. The van der Waals surface area contributed by atoms with E-state index in [4.69, 9.17) is 24.4 Å². The van der Waals surface area contributed by atoms with Crippen LogP contribution in [-0.2, 0) is 22.5 Å². The molecular weight excluding hydrogens is 440 g/mol. The predicted molar refractivity (Wildman–Crippen MR) is 133 cm³/mol. The molecule has 0 saturated carbocycles. The van der Waals surface area contributed by atoms with E-state index in [9.17, 15) is 0 Å². The fourth-order valence-electron chi connectivity index (χ4n) is 4.17. The number of benzene rings is 1. The van der Waals surface area contributed by atoms with Crippen molar-refractivity contribution >= 4 is 49.3 Å². The lowest BCUT2D eigenvalue weighted by atomic mass is 9.88. The smallest absolute Gasteiger partial charge is 0.189 e. The van der Waals surface area contributed by atoms with Gasteiger partial charge in [-0.3, -0.25) is 0 Å². The number of aromatic nitrogens is 3. The zero-order valence-electron chi connectivity index (χ0n) is 18.7. The molecule has 0 spiro atoms. The van der Waals surface area contributed by atoms with Crippen LogP contribution in [0.1, 0.15) is 25.0 Å². The molecule has 166 valence electrons. The van der Waals surface area contributed by atoms with Crippen LogP contribution in [0.25, 0.3) is 31.7 Å². The normalized spacial score (nSPS) is 15.2. The zero-order chi connectivity index (χ0) is 22.3. The highest BCUT2D eigenvalue weighted by molar-refractivity contribution is 7.98. The Morgan fingerprint density at radius 2 is 1.97 bits per heavy atom. The van der Waals surface area contributed by atoms with Gasteiger partial charge in [0.2, 0.25) is 0 Å². The Morgan fingerprint density at radius 3 is 2.72 bits per heavy atom. The van der Waals surface area contributed by atoms with E-state index < -0.39 is 0 Å². The van der Waals surface area contributed by atoms with E-state index >= 15 is 0 Å². The lowest BCUT2D eigenvalue weighted by Crippen LogP contribution is -2.32. The van der Waals surface area contributed by atoms with Gasteiger partial charge in [-0.15, -0.1) is 11.3 Å². The van der Waals surface area contributed by atoms with E-state index in [1.807, 2.05) is 12.3 Å². The quantitative estimate of drug-likeness (QED) is 0.227. The van der Waals surface area contributed by atoms with E-state index in [-0.39, 0.29) is 5.60 Å². The number of hydrogen-bond acceptors (Lipinski definition) is 8. The van der Waals surface area contributed by atoms with Gasteiger partial charge < -0.3 is 14.8 Å². The summed E-state index contributed by atoms with van der Waals surface area (Å²) in [5, 5.41) is 5.33. The SMILES string of the molecule is COCCNc1nc(SC)nc2c1sc1nc(-c3ccccc3)c3c(c12)CC(C)(C)OC3. The summed E-state index contributed by atoms with van der Waals surface area (Å²) < 4.78 is 12.5. The second-order valence-electron chi connectivity index (χ2n) is 8.45. The van der Waals surface area contributed by atoms with Crippen LogP contribution in [0.4, 0.5) is 5.82 Å². The number of nitrogens with one attached hydrogen (secondary N) is 1. The lowest BCUT2D eigenvalue weighted by molar-refractivity contribution is -0.0394. The fourth-order valence-corrected chi connectivity index (χ4v) is 5.65. The molecule has 0 fully saturated rings. The van der Waals surface area contributed by atoms with Crippen molar-refractivity contribution in [2.45, 2.75) is 37.6 Å².